The molecule has 0 aliphatic carbocycles. The van der Waals surface area contributed by atoms with Crippen molar-refractivity contribution in [2.24, 2.45) is 5.92 Å². The minimum absolute atomic E-state index is 0. The van der Waals surface area contributed by atoms with E-state index in [1.165, 1.54) is 0 Å². The van der Waals surface area contributed by atoms with E-state index in [0.717, 1.165) is 19.3 Å². The minimum atomic E-state index is -2.75. The van der Waals surface area contributed by atoms with Crippen LogP contribution in [0.2, 0.25) is 0 Å². The maximum absolute atomic E-state index is 11.4. The lowest BCUT2D eigenvalue weighted by Crippen LogP contribution is -2.48. The summed E-state index contributed by atoms with van der Waals surface area (Å²) in [5, 5.41) is 3.50. The van der Waals surface area contributed by atoms with Crippen molar-refractivity contribution in [3.05, 3.63) is 0 Å². The smallest absolute Gasteiger partial charge is 0.150 e. The molecule has 0 aromatic carbocycles. The lowest BCUT2D eigenvalue weighted by atomic mass is 9.92. The molecule has 1 atom stereocenters. The monoisotopic (exact) mass is 297 g/mol. The second-order valence-electron chi connectivity index (χ2n) is 6.33. The molecule has 2 fully saturated rings. The Morgan fingerprint density at radius 1 is 1.22 bits per heavy atom. The zero-order valence-electron chi connectivity index (χ0n) is 11.4. The van der Waals surface area contributed by atoms with Crippen LogP contribution in [0.1, 0.15) is 40.0 Å². The molecule has 2 rings (SSSR count). The van der Waals surface area contributed by atoms with Crippen molar-refractivity contribution in [2.45, 2.75) is 51.3 Å². The lowest BCUT2D eigenvalue weighted by Gasteiger charge is -2.32. The zero-order chi connectivity index (χ0) is 12.7. The molecule has 2 heterocycles. The molecule has 0 bridgehead atoms. The maximum atomic E-state index is 11.4. The molecule has 6 heteroatoms. The van der Waals surface area contributed by atoms with E-state index in [-0.39, 0.29) is 23.7 Å². The first-order valence-electron chi connectivity index (χ1n) is 6.34. The van der Waals surface area contributed by atoms with Crippen molar-refractivity contribution in [1.82, 2.24) is 5.32 Å². The van der Waals surface area contributed by atoms with Crippen LogP contribution in [0.15, 0.2) is 0 Å². The molecule has 0 radical (unpaired) electrons. The summed E-state index contributed by atoms with van der Waals surface area (Å²) >= 11 is 0. The van der Waals surface area contributed by atoms with Gasteiger partial charge in [0.15, 0.2) is 0 Å². The Kier molecular flexibility index (Phi) is 4.75. The standard InChI is InChI=1S/C12H23NO3S.ClH/c1-11(2)9-16-12(3,13-11)8-10-4-6-17(14,15)7-5-10;/h10,13H,4-9H2,1-3H3;1H. The molecular weight excluding hydrogens is 274 g/mol. The highest BCUT2D eigenvalue weighted by molar-refractivity contribution is 7.91. The molecule has 0 aromatic heterocycles. The maximum Gasteiger partial charge on any atom is 0.150 e. The van der Waals surface area contributed by atoms with Crippen molar-refractivity contribution >= 4 is 22.2 Å². The highest BCUT2D eigenvalue weighted by Crippen LogP contribution is 2.33. The molecule has 0 spiro atoms. The van der Waals surface area contributed by atoms with E-state index < -0.39 is 9.84 Å². The van der Waals surface area contributed by atoms with E-state index in [1.54, 1.807) is 0 Å². The van der Waals surface area contributed by atoms with Gasteiger partial charge in [-0.1, -0.05) is 0 Å². The van der Waals surface area contributed by atoms with Gasteiger partial charge in [-0.2, -0.15) is 0 Å². The topological polar surface area (TPSA) is 55.4 Å². The fourth-order valence-corrected chi connectivity index (χ4v) is 4.52. The molecule has 0 amide bonds. The fraction of sp³-hybridized carbons (Fsp3) is 1.00. The molecular formula is C12H24ClNO3S. The van der Waals surface area contributed by atoms with Crippen LogP contribution in [0, 0.1) is 5.92 Å². The van der Waals surface area contributed by atoms with Crippen molar-refractivity contribution in [1.29, 1.82) is 0 Å². The average molecular weight is 298 g/mol. The van der Waals surface area contributed by atoms with Gasteiger partial charge in [-0.05, 0) is 46.0 Å². The van der Waals surface area contributed by atoms with Gasteiger partial charge in [0.1, 0.15) is 15.6 Å². The fourth-order valence-electron chi connectivity index (χ4n) is 2.93. The van der Waals surface area contributed by atoms with E-state index >= 15 is 0 Å². The predicted octanol–water partition coefficient (Wildman–Crippen LogP) is 1.74. The second-order valence-corrected chi connectivity index (χ2v) is 8.63. The highest BCUT2D eigenvalue weighted by Gasteiger charge is 2.42. The van der Waals surface area contributed by atoms with Gasteiger partial charge in [0.2, 0.25) is 0 Å². The number of nitrogens with one attached hydrogen (secondary N) is 1. The Morgan fingerprint density at radius 3 is 2.22 bits per heavy atom. The van der Waals surface area contributed by atoms with E-state index in [1.807, 2.05) is 0 Å². The molecule has 0 saturated carbocycles. The number of sulfone groups is 1. The average Bonchev–Trinajstić information content (AvgIpc) is 2.45. The third-order valence-corrected chi connectivity index (χ3v) is 5.42. The number of ether oxygens (including phenoxy) is 1. The normalized spacial score (nSPS) is 35.1. The van der Waals surface area contributed by atoms with Crippen LogP contribution in [0.5, 0.6) is 0 Å². The van der Waals surface area contributed by atoms with Crippen LogP contribution in [0.3, 0.4) is 0 Å². The molecule has 2 aliphatic heterocycles. The molecule has 0 aromatic rings. The van der Waals surface area contributed by atoms with Crippen LogP contribution in [-0.2, 0) is 14.6 Å². The van der Waals surface area contributed by atoms with Crippen LogP contribution < -0.4 is 5.32 Å². The molecule has 2 saturated heterocycles. The number of halogens is 1. The summed E-state index contributed by atoms with van der Waals surface area (Å²) in [6, 6.07) is 0. The van der Waals surface area contributed by atoms with Crippen molar-refractivity contribution in [3.8, 4) is 0 Å². The molecule has 4 nitrogen and oxygen atoms in total. The lowest BCUT2D eigenvalue weighted by molar-refractivity contribution is -0.0146. The number of hydrogen-bond donors (Lipinski definition) is 1. The van der Waals surface area contributed by atoms with Gasteiger partial charge in [-0.25, -0.2) is 8.42 Å². The van der Waals surface area contributed by atoms with Crippen molar-refractivity contribution in [3.63, 3.8) is 0 Å². The Hall–Kier alpha value is 0.160. The Morgan fingerprint density at radius 2 is 1.78 bits per heavy atom. The summed E-state index contributed by atoms with van der Waals surface area (Å²) in [4.78, 5) is 0. The van der Waals surface area contributed by atoms with Crippen molar-refractivity contribution in [2.75, 3.05) is 18.1 Å². The van der Waals surface area contributed by atoms with Crippen LogP contribution >= 0.6 is 12.4 Å². The zero-order valence-corrected chi connectivity index (χ0v) is 13.0. The van der Waals surface area contributed by atoms with Gasteiger partial charge in [0, 0.05) is 5.54 Å². The van der Waals surface area contributed by atoms with Gasteiger partial charge < -0.3 is 4.74 Å². The first-order valence-corrected chi connectivity index (χ1v) is 8.16. The Bertz CT molecular complexity index is 382. The quantitative estimate of drug-likeness (QED) is 0.843. The molecule has 108 valence electrons. The summed E-state index contributed by atoms with van der Waals surface area (Å²) in [5.74, 6) is 1.15. The molecule has 1 unspecified atom stereocenters. The van der Waals surface area contributed by atoms with E-state index in [9.17, 15) is 8.42 Å². The summed E-state index contributed by atoms with van der Waals surface area (Å²) in [6.45, 7) is 7.05. The number of rotatable bonds is 2. The summed E-state index contributed by atoms with van der Waals surface area (Å²) in [6.07, 6.45) is 2.47. The van der Waals surface area contributed by atoms with E-state index in [4.69, 9.17) is 4.74 Å². The van der Waals surface area contributed by atoms with Gasteiger partial charge in [0.25, 0.3) is 0 Å². The van der Waals surface area contributed by atoms with Crippen LogP contribution in [-0.4, -0.2) is 37.8 Å². The summed E-state index contributed by atoms with van der Waals surface area (Å²) in [7, 11) is -2.75. The molecule has 1 N–H and O–H groups in total. The van der Waals surface area contributed by atoms with E-state index in [2.05, 4.69) is 26.1 Å². The largest absolute Gasteiger partial charge is 0.359 e. The third-order valence-electron chi connectivity index (χ3n) is 3.71. The SMILES string of the molecule is CC1(C)COC(C)(CC2CCS(=O)(=O)CC2)N1.Cl. The van der Waals surface area contributed by atoms with Gasteiger partial charge in [-0.3, -0.25) is 5.32 Å². The minimum Gasteiger partial charge on any atom is -0.359 e. The molecule has 18 heavy (non-hydrogen) atoms. The van der Waals surface area contributed by atoms with Gasteiger partial charge in [-0.15, -0.1) is 12.4 Å². The summed E-state index contributed by atoms with van der Waals surface area (Å²) in [5.41, 5.74) is -0.259. The Labute approximate surface area is 116 Å². The van der Waals surface area contributed by atoms with Crippen LogP contribution in [0.25, 0.3) is 0 Å². The Balaban J connectivity index is 0.00000162. The molecule has 2 aliphatic rings. The first-order chi connectivity index (χ1) is 7.70. The highest BCUT2D eigenvalue weighted by atomic mass is 35.5. The predicted molar refractivity (Wildman–Crippen MR) is 74.8 cm³/mol. The number of hydrogen-bond acceptors (Lipinski definition) is 4. The third kappa shape index (κ3) is 4.08. The summed E-state index contributed by atoms with van der Waals surface area (Å²) < 4.78 is 28.6. The van der Waals surface area contributed by atoms with Crippen LogP contribution in [0.4, 0.5) is 0 Å². The van der Waals surface area contributed by atoms with Crippen molar-refractivity contribution < 1.29 is 13.2 Å². The first kappa shape index (κ1) is 16.2. The second kappa shape index (κ2) is 5.27. The van der Waals surface area contributed by atoms with Gasteiger partial charge >= 0.3 is 0 Å². The van der Waals surface area contributed by atoms with Gasteiger partial charge in [0.05, 0.1) is 18.1 Å². The van der Waals surface area contributed by atoms with E-state index in [0.29, 0.717) is 24.0 Å².